The number of nitrogens with zero attached hydrogens (tertiary/aromatic N) is 2. The van der Waals surface area contributed by atoms with Crippen LogP contribution in [0.4, 0.5) is 9.18 Å². The first kappa shape index (κ1) is 18.4. The summed E-state index contributed by atoms with van der Waals surface area (Å²) in [6, 6.07) is 13.6. The van der Waals surface area contributed by atoms with Gasteiger partial charge in [0.25, 0.3) is 5.91 Å². The lowest BCUT2D eigenvalue weighted by molar-refractivity contribution is 0.0543. The Kier molecular flexibility index (Phi) is 5.88. The van der Waals surface area contributed by atoms with E-state index in [1.165, 1.54) is 12.1 Å². The minimum atomic E-state index is -0.467. The standard InChI is InChI=1S/C19H18BrFN2O3/c20-16-10-15(11-17(21)12-16)18(24)22-6-8-23(9-7-22)19(25)26-13-14-4-2-1-3-5-14/h1-5,10-12H,6-9,13H2. The Labute approximate surface area is 159 Å². The summed E-state index contributed by atoms with van der Waals surface area (Å²) in [5.74, 6) is -0.714. The molecule has 1 fully saturated rings. The van der Waals surface area contributed by atoms with Crippen LogP contribution in [0.25, 0.3) is 0 Å². The lowest BCUT2D eigenvalue weighted by Gasteiger charge is -2.34. The van der Waals surface area contributed by atoms with Crippen molar-refractivity contribution in [3.63, 3.8) is 0 Å². The van der Waals surface area contributed by atoms with Gasteiger partial charge in [-0.15, -0.1) is 0 Å². The van der Waals surface area contributed by atoms with E-state index in [-0.39, 0.29) is 18.1 Å². The summed E-state index contributed by atoms with van der Waals surface area (Å²) in [5.41, 5.74) is 1.21. The van der Waals surface area contributed by atoms with Crippen LogP contribution in [0.15, 0.2) is 53.0 Å². The summed E-state index contributed by atoms with van der Waals surface area (Å²) >= 11 is 3.19. The zero-order chi connectivity index (χ0) is 18.5. The van der Waals surface area contributed by atoms with Crippen LogP contribution >= 0.6 is 15.9 Å². The number of carbonyl (C=O) groups is 2. The molecule has 0 unspecified atom stereocenters. The number of amides is 2. The van der Waals surface area contributed by atoms with E-state index in [4.69, 9.17) is 4.74 Å². The molecule has 0 aliphatic carbocycles. The Hall–Kier alpha value is -2.41. The predicted octanol–water partition coefficient (Wildman–Crippen LogP) is 3.68. The van der Waals surface area contributed by atoms with Crippen LogP contribution in [0.3, 0.4) is 0 Å². The molecule has 26 heavy (non-hydrogen) atoms. The topological polar surface area (TPSA) is 49.9 Å². The molecule has 1 saturated heterocycles. The Bertz CT molecular complexity index is 772. The SMILES string of the molecule is O=C(OCc1ccccc1)N1CCN(C(=O)c2cc(F)cc(Br)c2)CC1. The second-order valence-electron chi connectivity index (χ2n) is 5.98. The van der Waals surface area contributed by atoms with Crippen molar-refractivity contribution in [2.24, 2.45) is 0 Å². The Morgan fingerprint density at radius 1 is 1.00 bits per heavy atom. The molecule has 2 amide bonds. The molecule has 7 heteroatoms. The van der Waals surface area contributed by atoms with Gasteiger partial charge in [0.1, 0.15) is 12.4 Å². The molecule has 1 aliphatic rings. The van der Waals surface area contributed by atoms with Crippen molar-refractivity contribution in [2.45, 2.75) is 6.61 Å². The minimum Gasteiger partial charge on any atom is -0.445 e. The number of hydrogen-bond donors (Lipinski definition) is 0. The van der Waals surface area contributed by atoms with Gasteiger partial charge in [-0.1, -0.05) is 46.3 Å². The molecular weight excluding hydrogens is 403 g/mol. The smallest absolute Gasteiger partial charge is 0.410 e. The summed E-state index contributed by atoms with van der Waals surface area (Å²) < 4.78 is 19.3. The highest BCUT2D eigenvalue weighted by atomic mass is 79.9. The number of carbonyl (C=O) groups excluding carboxylic acids is 2. The van der Waals surface area contributed by atoms with Gasteiger partial charge in [-0.3, -0.25) is 4.79 Å². The highest BCUT2D eigenvalue weighted by Gasteiger charge is 2.26. The van der Waals surface area contributed by atoms with Crippen molar-refractivity contribution in [2.75, 3.05) is 26.2 Å². The summed E-state index contributed by atoms with van der Waals surface area (Å²) in [7, 11) is 0. The zero-order valence-corrected chi connectivity index (χ0v) is 15.6. The second kappa shape index (κ2) is 8.31. The normalized spacial score (nSPS) is 14.2. The van der Waals surface area contributed by atoms with Gasteiger partial charge in [-0.05, 0) is 23.8 Å². The quantitative estimate of drug-likeness (QED) is 0.760. The first-order valence-electron chi connectivity index (χ1n) is 8.24. The van der Waals surface area contributed by atoms with Gasteiger partial charge in [0.15, 0.2) is 0 Å². The lowest BCUT2D eigenvalue weighted by Crippen LogP contribution is -2.50. The number of piperazine rings is 1. The highest BCUT2D eigenvalue weighted by Crippen LogP contribution is 2.17. The van der Waals surface area contributed by atoms with E-state index in [0.717, 1.165) is 5.56 Å². The van der Waals surface area contributed by atoms with Gasteiger partial charge in [-0.2, -0.15) is 0 Å². The van der Waals surface area contributed by atoms with Crippen LogP contribution in [0.1, 0.15) is 15.9 Å². The number of benzene rings is 2. The molecule has 0 atom stereocenters. The molecule has 0 saturated carbocycles. The van der Waals surface area contributed by atoms with Crippen molar-refractivity contribution < 1.29 is 18.7 Å². The van der Waals surface area contributed by atoms with Crippen molar-refractivity contribution in [3.05, 3.63) is 69.9 Å². The molecule has 3 rings (SSSR count). The average molecular weight is 421 g/mol. The van der Waals surface area contributed by atoms with Gasteiger partial charge in [0.2, 0.25) is 0 Å². The van der Waals surface area contributed by atoms with E-state index in [0.29, 0.717) is 30.7 Å². The molecule has 1 aliphatic heterocycles. The molecule has 5 nitrogen and oxygen atoms in total. The van der Waals surface area contributed by atoms with Gasteiger partial charge in [0.05, 0.1) is 0 Å². The molecule has 0 bridgehead atoms. The van der Waals surface area contributed by atoms with E-state index < -0.39 is 11.9 Å². The van der Waals surface area contributed by atoms with Gasteiger partial charge in [-0.25, -0.2) is 9.18 Å². The molecule has 136 valence electrons. The summed E-state index contributed by atoms with van der Waals surface area (Å²) in [6.45, 7) is 1.75. The Morgan fingerprint density at radius 3 is 2.31 bits per heavy atom. The van der Waals surface area contributed by atoms with Crippen LogP contribution < -0.4 is 0 Å². The predicted molar refractivity (Wildman–Crippen MR) is 98.2 cm³/mol. The maximum absolute atomic E-state index is 13.5. The first-order valence-corrected chi connectivity index (χ1v) is 9.03. The number of ether oxygens (including phenoxy) is 1. The fraction of sp³-hybridized carbons (Fsp3) is 0.263. The second-order valence-corrected chi connectivity index (χ2v) is 6.89. The van der Waals surface area contributed by atoms with Gasteiger partial charge >= 0.3 is 6.09 Å². The van der Waals surface area contributed by atoms with Gasteiger partial charge < -0.3 is 14.5 Å². The van der Waals surface area contributed by atoms with E-state index >= 15 is 0 Å². The average Bonchev–Trinajstić information content (AvgIpc) is 2.65. The number of hydrogen-bond acceptors (Lipinski definition) is 3. The molecule has 2 aromatic rings. The summed E-state index contributed by atoms with van der Waals surface area (Å²) in [5, 5.41) is 0. The van der Waals surface area contributed by atoms with Crippen molar-refractivity contribution in [1.82, 2.24) is 9.80 Å². The summed E-state index contributed by atoms with van der Waals surface area (Å²) in [6.07, 6.45) is -0.394. The van der Waals surface area contributed by atoms with Crippen LogP contribution in [-0.2, 0) is 11.3 Å². The first-order chi connectivity index (χ1) is 12.5. The van der Waals surface area contributed by atoms with Crippen molar-refractivity contribution >= 4 is 27.9 Å². The zero-order valence-electron chi connectivity index (χ0n) is 14.0. The molecule has 0 spiro atoms. The fourth-order valence-corrected chi connectivity index (χ4v) is 3.23. The van der Waals surface area contributed by atoms with Crippen molar-refractivity contribution in [1.29, 1.82) is 0 Å². The molecular formula is C19H18BrFN2O3. The third-order valence-corrected chi connectivity index (χ3v) is 4.60. The number of rotatable bonds is 3. The fourth-order valence-electron chi connectivity index (χ4n) is 2.76. The summed E-state index contributed by atoms with van der Waals surface area (Å²) in [4.78, 5) is 27.8. The van der Waals surface area contributed by atoms with Crippen LogP contribution in [0.5, 0.6) is 0 Å². The van der Waals surface area contributed by atoms with E-state index in [9.17, 15) is 14.0 Å². The Balaban J connectivity index is 1.52. The van der Waals surface area contributed by atoms with Crippen LogP contribution in [0, 0.1) is 5.82 Å². The molecule has 0 radical (unpaired) electrons. The Morgan fingerprint density at radius 2 is 1.65 bits per heavy atom. The highest BCUT2D eigenvalue weighted by molar-refractivity contribution is 9.10. The van der Waals surface area contributed by atoms with Gasteiger partial charge in [0, 0.05) is 36.2 Å². The van der Waals surface area contributed by atoms with E-state index in [2.05, 4.69) is 15.9 Å². The molecule has 1 heterocycles. The third kappa shape index (κ3) is 4.60. The minimum absolute atomic E-state index is 0.218. The molecule has 2 aromatic carbocycles. The van der Waals surface area contributed by atoms with Crippen molar-refractivity contribution in [3.8, 4) is 0 Å². The molecule has 0 aromatic heterocycles. The maximum Gasteiger partial charge on any atom is 0.410 e. The lowest BCUT2D eigenvalue weighted by atomic mass is 10.2. The third-order valence-electron chi connectivity index (χ3n) is 4.14. The van der Waals surface area contributed by atoms with Crippen LogP contribution in [-0.4, -0.2) is 48.0 Å². The monoisotopic (exact) mass is 420 g/mol. The number of halogens is 2. The largest absolute Gasteiger partial charge is 0.445 e. The van der Waals surface area contributed by atoms with E-state index in [1.54, 1.807) is 15.9 Å². The van der Waals surface area contributed by atoms with E-state index in [1.807, 2.05) is 30.3 Å². The molecule has 0 N–H and O–H groups in total. The van der Waals surface area contributed by atoms with Crippen LogP contribution in [0.2, 0.25) is 0 Å². The maximum atomic E-state index is 13.5.